The Morgan fingerprint density at radius 1 is 1.06 bits per heavy atom. The first kappa shape index (κ1) is 10.1. The lowest BCUT2D eigenvalue weighted by atomic mass is 10.1. The highest BCUT2D eigenvalue weighted by Crippen LogP contribution is 2.06. The molecule has 0 amide bonds. The fourth-order valence-electron chi connectivity index (χ4n) is 1.20. The van der Waals surface area contributed by atoms with E-state index in [1.54, 1.807) is 24.5 Å². The first-order chi connectivity index (χ1) is 7.83. The minimum atomic E-state index is -0.438. The zero-order valence-corrected chi connectivity index (χ0v) is 8.12. The zero-order valence-electron chi connectivity index (χ0n) is 8.12. The molecular weight excluding hydrogens is 206 g/mol. The molecule has 0 bridgehead atoms. The zero-order chi connectivity index (χ0) is 11.4. The van der Waals surface area contributed by atoms with Crippen LogP contribution in [0.2, 0.25) is 0 Å². The highest BCUT2D eigenvalue weighted by Gasteiger charge is 2.16. The predicted octanol–water partition coefficient (Wildman–Crippen LogP) is 0.560. The van der Waals surface area contributed by atoms with Crippen molar-refractivity contribution in [2.75, 3.05) is 0 Å². The minimum absolute atomic E-state index is 0.0313. The summed E-state index contributed by atoms with van der Waals surface area (Å²) >= 11 is 0. The molecule has 0 spiro atoms. The van der Waals surface area contributed by atoms with E-state index < -0.39 is 5.78 Å². The molecule has 2 aromatic heterocycles. The third-order valence-corrected chi connectivity index (χ3v) is 1.91. The SMILES string of the molecule is O=[C]c1nccnc1C(=O)c1ccccn1. The maximum Gasteiger partial charge on any atom is 0.255 e. The van der Waals surface area contributed by atoms with E-state index in [9.17, 15) is 9.59 Å². The molecule has 2 rings (SSSR count). The van der Waals surface area contributed by atoms with Crippen LogP contribution >= 0.6 is 0 Å². The van der Waals surface area contributed by atoms with Gasteiger partial charge < -0.3 is 0 Å². The number of rotatable bonds is 3. The van der Waals surface area contributed by atoms with Crippen LogP contribution in [-0.4, -0.2) is 27.0 Å². The van der Waals surface area contributed by atoms with Gasteiger partial charge in [-0.2, -0.15) is 0 Å². The molecule has 1 radical (unpaired) electrons. The van der Waals surface area contributed by atoms with Gasteiger partial charge in [0.05, 0.1) is 0 Å². The van der Waals surface area contributed by atoms with Crippen LogP contribution in [0.1, 0.15) is 21.9 Å². The molecule has 0 aliphatic carbocycles. The lowest BCUT2D eigenvalue weighted by Gasteiger charge is -1.99. The predicted molar refractivity (Wildman–Crippen MR) is 54.5 cm³/mol. The van der Waals surface area contributed by atoms with E-state index in [2.05, 4.69) is 15.0 Å². The monoisotopic (exact) mass is 212 g/mol. The molecule has 0 aliphatic heterocycles. The Labute approximate surface area is 91.2 Å². The summed E-state index contributed by atoms with van der Waals surface area (Å²) in [7, 11) is 0. The molecule has 0 aliphatic rings. The first-order valence-electron chi connectivity index (χ1n) is 4.48. The van der Waals surface area contributed by atoms with Crippen molar-refractivity contribution in [2.45, 2.75) is 0 Å². The number of carbonyl (C=O) groups excluding carboxylic acids is 2. The Kier molecular flexibility index (Phi) is 2.77. The molecule has 0 fully saturated rings. The molecule has 0 atom stereocenters. The maximum atomic E-state index is 11.9. The van der Waals surface area contributed by atoms with Gasteiger partial charge >= 0.3 is 0 Å². The van der Waals surface area contributed by atoms with E-state index in [1.807, 2.05) is 0 Å². The summed E-state index contributed by atoms with van der Waals surface area (Å²) < 4.78 is 0. The molecular formula is C11H6N3O2. The average molecular weight is 212 g/mol. The molecule has 5 heteroatoms. The van der Waals surface area contributed by atoms with Crippen molar-refractivity contribution in [1.82, 2.24) is 15.0 Å². The summed E-state index contributed by atoms with van der Waals surface area (Å²) in [4.78, 5) is 33.8. The van der Waals surface area contributed by atoms with Gasteiger partial charge in [-0.05, 0) is 12.1 Å². The normalized spacial score (nSPS) is 9.75. The fourth-order valence-corrected chi connectivity index (χ4v) is 1.20. The van der Waals surface area contributed by atoms with Gasteiger partial charge in [-0.25, -0.2) is 9.97 Å². The van der Waals surface area contributed by atoms with Crippen LogP contribution < -0.4 is 0 Å². The summed E-state index contributed by atoms with van der Waals surface area (Å²) in [5.41, 5.74) is 0.0915. The molecule has 2 heterocycles. The van der Waals surface area contributed by atoms with Crippen molar-refractivity contribution in [2.24, 2.45) is 0 Å². The summed E-state index contributed by atoms with van der Waals surface area (Å²) in [6.45, 7) is 0. The Hall–Kier alpha value is -2.43. The van der Waals surface area contributed by atoms with Gasteiger partial charge in [0.25, 0.3) is 6.29 Å². The van der Waals surface area contributed by atoms with E-state index in [-0.39, 0.29) is 17.1 Å². The molecule has 77 valence electrons. The fraction of sp³-hybridized carbons (Fsp3) is 0. The number of ketones is 1. The van der Waals surface area contributed by atoms with Crippen LogP contribution in [0.3, 0.4) is 0 Å². The summed E-state index contributed by atoms with van der Waals surface area (Å²) in [5, 5.41) is 0. The van der Waals surface area contributed by atoms with Gasteiger partial charge in [-0.1, -0.05) is 6.07 Å². The Morgan fingerprint density at radius 2 is 1.88 bits per heavy atom. The molecule has 0 unspecified atom stereocenters. The Morgan fingerprint density at radius 3 is 2.56 bits per heavy atom. The van der Waals surface area contributed by atoms with E-state index in [0.29, 0.717) is 0 Å². The maximum absolute atomic E-state index is 11.9. The highest BCUT2D eigenvalue weighted by atomic mass is 16.1. The van der Waals surface area contributed by atoms with Gasteiger partial charge in [0.15, 0.2) is 0 Å². The molecule has 16 heavy (non-hydrogen) atoms. The van der Waals surface area contributed by atoms with E-state index in [4.69, 9.17) is 0 Å². The number of nitrogens with zero attached hydrogens (tertiary/aromatic N) is 3. The Bertz CT molecular complexity index is 526. The standard InChI is InChI=1S/C11H6N3O2/c15-7-9-10(14-6-5-13-9)11(16)8-3-1-2-4-12-8/h1-6H. The summed E-state index contributed by atoms with van der Waals surface area (Å²) in [6, 6.07) is 4.92. The van der Waals surface area contributed by atoms with Gasteiger partial charge in [0.2, 0.25) is 5.78 Å². The molecule has 0 N–H and O–H groups in total. The lowest BCUT2D eigenvalue weighted by Crippen LogP contribution is -2.10. The van der Waals surface area contributed by atoms with Crippen LogP contribution in [-0.2, 0) is 4.79 Å². The van der Waals surface area contributed by atoms with Gasteiger partial charge in [0, 0.05) is 18.6 Å². The minimum Gasteiger partial charge on any atom is -0.285 e. The first-order valence-corrected chi connectivity index (χ1v) is 4.48. The van der Waals surface area contributed by atoms with Crippen molar-refractivity contribution >= 4 is 12.1 Å². The lowest BCUT2D eigenvalue weighted by molar-refractivity contribution is 0.102. The topological polar surface area (TPSA) is 72.8 Å². The Balaban J connectivity index is 2.46. The molecule has 0 saturated carbocycles. The van der Waals surface area contributed by atoms with Gasteiger partial charge in [-0.15, -0.1) is 0 Å². The molecule has 2 aromatic rings. The van der Waals surface area contributed by atoms with Crippen molar-refractivity contribution in [1.29, 1.82) is 0 Å². The van der Waals surface area contributed by atoms with E-state index in [1.165, 1.54) is 18.6 Å². The van der Waals surface area contributed by atoms with E-state index >= 15 is 0 Å². The second kappa shape index (κ2) is 4.39. The van der Waals surface area contributed by atoms with Crippen LogP contribution in [0.4, 0.5) is 0 Å². The van der Waals surface area contributed by atoms with Crippen LogP contribution in [0, 0.1) is 0 Å². The second-order valence-electron chi connectivity index (χ2n) is 2.90. The van der Waals surface area contributed by atoms with Crippen LogP contribution in [0.5, 0.6) is 0 Å². The number of carbonyl (C=O) groups is 1. The van der Waals surface area contributed by atoms with Crippen molar-refractivity contribution in [3.05, 3.63) is 53.9 Å². The average Bonchev–Trinajstić information content (AvgIpc) is 2.39. The van der Waals surface area contributed by atoms with E-state index in [0.717, 1.165) is 0 Å². The third kappa shape index (κ3) is 1.83. The van der Waals surface area contributed by atoms with Crippen molar-refractivity contribution in [3.63, 3.8) is 0 Å². The second-order valence-corrected chi connectivity index (χ2v) is 2.90. The summed E-state index contributed by atoms with van der Waals surface area (Å²) in [5.74, 6) is -0.438. The molecule has 0 aromatic carbocycles. The van der Waals surface area contributed by atoms with Crippen LogP contribution in [0.15, 0.2) is 36.8 Å². The van der Waals surface area contributed by atoms with Crippen molar-refractivity contribution < 1.29 is 9.59 Å². The highest BCUT2D eigenvalue weighted by molar-refractivity contribution is 6.09. The summed E-state index contributed by atoms with van der Waals surface area (Å²) in [6.07, 6.45) is 5.74. The molecule has 0 saturated heterocycles. The number of hydrogen-bond donors (Lipinski definition) is 0. The van der Waals surface area contributed by atoms with Crippen molar-refractivity contribution in [3.8, 4) is 0 Å². The van der Waals surface area contributed by atoms with Gasteiger partial charge in [-0.3, -0.25) is 14.6 Å². The largest absolute Gasteiger partial charge is 0.285 e. The molecule has 5 nitrogen and oxygen atoms in total. The van der Waals surface area contributed by atoms with Crippen LogP contribution in [0.25, 0.3) is 0 Å². The number of hydrogen-bond acceptors (Lipinski definition) is 5. The quantitative estimate of drug-likeness (QED) is 0.695. The number of aromatic nitrogens is 3. The third-order valence-electron chi connectivity index (χ3n) is 1.91. The smallest absolute Gasteiger partial charge is 0.255 e. The van der Waals surface area contributed by atoms with Gasteiger partial charge in [0.1, 0.15) is 17.1 Å². The number of pyridine rings is 1.